The van der Waals surface area contributed by atoms with Gasteiger partial charge in [0.15, 0.2) is 6.17 Å². The van der Waals surface area contributed by atoms with Gasteiger partial charge in [-0.3, -0.25) is 0 Å². The fourth-order valence-electron chi connectivity index (χ4n) is 10.3. The fraction of sp³-hybridized carbons (Fsp3) is 0.0159. The van der Waals surface area contributed by atoms with Crippen molar-refractivity contribution in [1.29, 1.82) is 0 Å². The van der Waals surface area contributed by atoms with E-state index in [1.165, 1.54) is 21.7 Å². The number of hydrogen-bond acceptors (Lipinski definition) is 5. The van der Waals surface area contributed by atoms with Crippen molar-refractivity contribution in [2.75, 3.05) is 0 Å². The summed E-state index contributed by atoms with van der Waals surface area (Å²) in [6.07, 6.45) is -0.510. The molecule has 0 amide bonds. The number of benzene rings is 11. The molecule has 1 aliphatic rings. The Balaban J connectivity index is 0.883. The predicted octanol–water partition coefficient (Wildman–Crippen LogP) is 16.4. The number of aliphatic imine (C=N–C) groups is 2. The van der Waals surface area contributed by atoms with Crippen LogP contribution < -0.4 is 5.32 Å². The average molecular weight is 870 g/mol. The minimum absolute atomic E-state index is 0.510. The average Bonchev–Trinajstić information content (AvgIpc) is 3.98. The van der Waals surface area contributed by atoms with Crippen LogP contribution in [0.25, 0.3) is 110 Å². The van der Waals surface area contributed by atoms with Gasteiger partial charge in [0.1, 0.15) is 34.0 Å². The summed E-state index contributed by atoms with van der Waals surface area (Å²) in [5, 5.41) is 15.1. The maximum absolute atomic E-state index is 6.57. The van der Waals surface area contributed by atoms with E-state index in [1.807, 2.05) is 12.1 Å². The van der Waals surface area contributed by atoms with Crippen molar-refractivity contribution in [2.45, 2.75) is 6.17 Å². The zero-order valence-electron chi connectivity index (χ0n) is 36.7. The van der Waals surface area contributed by atoms with Crippen LogP contribution in [0.4, 0.5) is 0 Å². The van der Waals surface area contributed by atoms with Crippen LogP contribution in [0.15, 0.2) is 243 Å². The van der Waals surface area contributed by atoms with E-state index in [0.717, 1.165) is 116 Å². The molecule has 1 aliphatic heterocycles. The minimum atomic E-state index is -0.510. The number of nitrogens with zero attached hydrogens (tertiary/aromatic N) is 2. The molecule has 0 bridgehead atoms. The van der Waals surface area contributed by atoms with Gasteiger partial charge in [-0.15, -0.1) is 0 Å². The predicted molar refractivity (Wildman–Crippen MR) is 282 cm³/mol. The van der Waals surface area contributed by atoms with E-state index >= 15 is 0 Å². The standard InChI is InChI=1S/C63H39N3O2/c1-3-12-42-34-44(28-24-38(42)10-1)40-22-26-41(27-23-40)61-64-62(47-29-25-39-11-2-4-13-43(39)35-47)66-63(65-61)54-19-8-15-48-49(16-7-17-50(48)54)53-18-9-21-58-60(53)55-36-45(31-33-57(55)67-58)46-30-32-52-51-14-5-6-20-56(51)68-59(52)37-46/h1-37,63H,(H,64,65,66). The van der Waals surface area contributed by atoms with Crippen molar-refractivity contribution in [3.8, 4) is 33.4 Å². The van der Waals surface area contributed by atoms with Crippen molar-refractivity contribution >= 4 is 87.9 Å². The number of amidine groups is 2. The zero-order valence-corrected chi connectivity index (χ0v) is 36.7. The van der Waals surface area contributed by atoms with E-state index in [4.69, 9.17) is 18.8 Å². The highest BCUT2D eigenvalue weighted by Gasteiger charge is 2.24. The van der Waals surface area contributed by atoms with Crippen LogP contribution in [0.5, 0.6) is 0 Å². The lowest BCUT2D eigenvalue weighted by Crippen LogP contribution is -2.36. The van der Waals surface area contributed by atoms with Gasteiger partial charge in [-0.05, 0) is 114 Å². The lowest BCUT2D eigenvalue weighted by atomic mass is 9.92. The van der Waals surface area contributed by atoms with Crippen LogP contribution in [0.3, 0.4) is 0 Å². The molecule has 0 spiro atoms. The van der Waals surface area contributed by atoms with Crippen LogP contribution in [0.2, 0.25) is 0 Å². The molecule has 0 radical (unpaired) electrons. The second-order valence-electron chi connectivity index (χ2n) is 17.7. The highest BCUT2D eigenvalue weighted by Crippen LogP contribution is 2.43. The summed E-state index contributed by atoms with van der Waals surface area (Å²) < 4.78 is 12.9. The van der Waals surface area contributed by atoms with Gasteiger partial charge in [0, 0.05) is 38.2 Å². The minimum Gasteiger partial charge on any atom is -0.456 e. The van der Waals surface area contributed by atoms with Gasteiger partial charge < -0.3 is 14.2 Å². The summed E-state index contributed by atoms with van der Waals surface area (Å²) in [4.78, 5) is 10.8. The molecule has 14 rings (SSSR count). The highest BCUT2D eigenvalue weighted by atomic mass is 16.3. The van der Waals surface area contributed by atoms with Gasteiger partial charge in [0.05, 0.1) is 0 Å². The van der Waals surface area contributed by atoms with Crippen molar-refractivity contribution in [3.63, 3.8) is 0 Å². The maximum Gasteiger partial charge on any atom is 0.170 e. The monoisotopic (exact) mass is 869 g/mol. The second-order valence-corrected chi connectivity index (χ2v) is 17.7. The van der Waals surface area contributed by atoms with Crippen molar-refractivity contribution < 1.29 is 8.83 Å². The Morgan fingerprint density at radius 2 is 0.838 bits per heavy atom. The summed E-state index contributed by atoms with van der Waals surface area (Å²) in [7, 11) is 0. The van der Waals surface area contributed by atoms with Gasteiger partial charge in [-0.25, -0.2) is 9.98 Å². The summed E-state index contributed by atoms with van der Waals surface area (Å²) in [5.41, 5.74) is 13.2. The quantitative estimate of drug-likeness (QED) is 0.181. The van der Waals surface area contributed by atoms with Crippen LogP contribution in [-0.4, -0.2) is 11.7 Å². The number of rotatable bonds is 6. The van der Waals surface area contributed by atoms with Crippen LogP contribution in [0, 0.1) is 0 Å². The highest BCUT2D eigenvalue weighted by molar-refractivity contribution is 6.18. The SMILES string of the molecule is c1ccc2cc(C3=NC(c4cccc5c(-c6cccc7oc8ccc(-c9ccc%10c(c9)oc9ccccc9%10)cc8c67)cccc45)N=C(c4ccc(-c5ccc6ccccc6c5)cc4)N3)ccc2c1. The third-order valence-corrected chi connectivity index (χ3v) is 13.7. The first kappa shape index (κ1) is 38.2. The number of hydrogen-bond donors (Lipinski definition) is 1. The summed E-state index contributed by atoms with van der Waals surface area (Å²) in [5.74, 6) is 1.55. The molecule has 0 saturated heterocycles. The summed E-state index contributed by atoms with van der Waals surface area (Å²) in [6, 6.07) is 79.5. The number of fused-ring (bicyclic) bond motifs is 9. The smallest absolute Gasteiger partial charge is 0.170 e. The normalized spacial score (nSPS) is 14.0. The Morgan fingerprint density at radius 1 is 0.309 bits per heavy atom. The molecular weight excluding hydrogens is 831 g/mol. The van der Waals surface area contributed by atoms with Gasteiger partial charge in [0.25, 0.3) is 0 Å². The third kappa shape index (κ3) is 6.32. The molecule has 0 saturated carbocycles. The lowest BCUT2D eigenvalue weighted by molar-refractivity contribution is 0.669. The Kier molecular flexibility index (Phi) is 8.58. The fourth-order valence-corrected chi connectivity index (χ4v) is 10.3. The first-order valence-corrected chi connectivity index (χ1v) is 23.1. The second kappa shape index (κ2) is 15.3. The molecule has 11 aromatic carbocycles. The van der Waals surface area contributed by atoms with E-state index in [-0.39, 0.29) is 0 Å². The molecule has 318 valence electrons. The first-order chi connectivity index (χ1) is 33.6. The summed E-state index contributed by atoms with van der Waals surface area (Å²) >= 11 is 0. The van der Waals surface area contributed by atoms with Gasteiger partial charge in [0.2, 0.25) is 0 Å². The van der Waals surface area contributed by atoms with Crippen LogP contribution >= 0.6 is 0 Å². The van der Waals surface area contributed by atoms with Crippen molar-refractivity contribution in [1.82, 2.24) is 5.32 Å². The van der Waals surface area contributed by atoms with E-state index in [9.17, 15) is 0 Å². The van der Waals surface area contributed by atoms with Crippen LogP contribution in [-0.2, 0) is 0 Å². The molecule has 5 nitrogen and oxygen atoms in total. The van der Waals surface area contributed by atoms with Gasteiger partial charge in [-0.2, -0.15) is 0 Å². The number of para-hydroxylation sites is 1. The molecule has 2 aromatic heterocycles. The largest absolute Gasteiger partial charge is 0.456 e. The molecule has 5 heteroatoms. The molecule has 0 fully saturated rings. The van der Waals surface area contributed by atoms with Crippen molar-refractivity contribution in [3.05, 3.63) is 241 Å². The van der Waals surface area contributed by atoms with E-state index in [2.05, 4.69) is 218 Å². The molecule has 13 aromatic rings. The Hall–Kier alpha value is -9.06. The van der Waals surface area contributed by atoms with E-state index in [1.54, 1.807) is 0 Å². The Morgan fingerprint density at radius 3 is 1.68 bits per heavy atom. The Labute approximate surface area is 391 Å². The third-order valence-electron chi connectivity index (χ3n) is 13.7. The Bertz CT molecular complexity index is 4250. The zero-order chi connectivity index (χ0) is 44.7. The van der Waals surface area contributed by atoms with E-state index in [0.29, 0.717) is 0 Å². The molecule has 0 aliphatic carbocycles. The topological polar surface area (TPSA) is 63.0 Å². The van der Waals surface area contributed by atoms with Gasteiger partial charge >= 0.3 is 0 Å². The van der Waals surface area contributed by atoms with Crippen molar-refractivity contribution in [2.24, 2.45) is 9.98 Å². The molecule has 1 N–H and O–H groups in total. The number of furan rings is 2. The molecule has 68 heavy (non-hydrogen) atoms. The molecule has 1 unspecified atom stereocenters. The lowest BCUT2D eigenvalue weighted by Gasteiger charge is -2.24. The van der Waals surface area contributed by atoms with Crippen LogP contribution in [0.1, 0.15) is 22.9 Å². The molecule has 1 atom stereocenters. The van der Waals surface area contributed by atoms with E-state index < -0.39 is 6.17 Å². The molecule has 3 heterocycles. The molecular formula is C63H39N3O2. The summed E-state index contributed by atoms with van der Waals surface area (Å²) in [6.45, 7) is 0. The number of nitrogens with one attached hydrogen (secondary N) is 1. The first-order valence-electron chi connectivity index (χ1n) is 23.1. The maximum atomic E-state index is 6.57. The van der Waals surface area contributed by atoms with Gasteiger partial charge in [-0.1, -0.05) is 176 Å².